The summed E-state index contributed by atoms with van der Waals surface area (Å²) >= 11 is 0. The number of carbonyl (C=O) groups excluding carboxylic acids is 1. The van der Waals surface area contributed by atoms with Crippen LogP contribution in [0.1, 0.15) is 30.0 Å². The van der Waals surface area contributed by atoms with Crippen LogP contribution in [-0.2, 0) is 11.3 Å². The highest BCUT2D eigenvalue weighted by molar-refractivity contribution is 5.77. The van der Waals surface area contributed by atoms with Crippen LogP contribution in [0.4, 0.5) is 0 Å². The molecule has 26 heavy (non-hydrogen) atoms. The highest BCUT2D eigenvalue weighted by Gasteiger charge is 2.08. The number of carbonyl (C=O) groups is 1. The smallest absolute Gasteiger partial charge is 0.258 e. The number of amides is 1. The van der Waals surface area contributed by atoms with E-state index in [0.29, 0.717) is 24.7 Å². The summed E-state index contributed by atoms with van der Waals surface area (Å²) in [6, 6.07) is 11.5. The van der Waals surface area contributed by atoms with Crippen LogP contribution in [0.25, 0.3) is 0 Å². The largest absolute Gasteiger partial charge is 0.493 e. The molecule has 2 rings (SSSR count). The lowest BCUT2D eigenvalue weighted by Crippen LogP contribution is -2.28. The lowest BCUT2D eigenvalue weighted by Gasteiger charge is -2.13. The van der Waals surface area contributed by atoms with Gasteiger partial charge < -0.3 is 19.5 Å². The molecule has 5 heteroatoms. The highest BCUT2D eigenvalue weighted by Crippen LogP contribution is 2.28. The van der Waals surface area contributed by atoms with Crippen LogP contribution in [0.5, 0.6) is 17.2 Å². The minimum absolute atomic E-state index is 0.0148. The number of ether oxygens (including phenoxy) is 3. The van der Waals surface area contributed by atoms with Crippen molar-refractivity contribution in [3.05, 3.63) is 53.1 Å². The Balaban J connectivity index is 1.87. The van der Waals surface area contributed by atoms with Crippen molar-refractivity contribution in [2.45, 2.75) is 33.7 Å². The van der Waals surface area contributed by atoms with E-state index in [9.17, 15) is 4.79 Å². The number of benzene rings is 2. The molecule has 0 spiro atoms. The predicted molar refractivity (Wildman–Crippen MR) is 102 cm³/mol. The second-order valence-corrected chi connectivity index (χ2v) is 6.10. The zero-order chi connectivity index (χ0) is 18.9. The maximum absolute atomic E-state index is 12.1. The molecule has 0 aliphatic carbocycles. The van der Waals surface area contributed by atoms with Crippen molar-refractivity contribution in [2.24, 2.45) is 0 Å². The number of nitrogens with one attached hydrogen (secondary N) is 1. The normalized spacial score (nSPS) is 10.3. The average Bonchev–Trinajstić information content (AvgIpc) is 2.66. The van der Waals surface area contributed by atoms with Gasteiger partial charge in [-0.1, -0.05) is 25.1 Å². The third-order valence-corrected chi connectivity index (χ3v) is 4.09. The van der Waals surface area contributed by atoms with Crippen LogP contribution < -0.4 is 19.5 Å². The number of hydrogen-bond acceptors (Lipinski definition) is 4. The maximum atomic E-state index is 12.1. The quantitative estimate of drug-likeness (QED) is 0.742. The van der Waals surface area contributed by atoms with Crippen LogP contribution in [0, 0.1) is 13.8 Å². The molecule has 140 valence electrons. The van der Waals surface area contributed by atoms with E-state index >= 15 is 0 Å². The number of rotatable bonds is 9. The number of aryl methyl sites for hydroxylation is 1. The van der Waals surface area contributed by atoms with E-state index in [1.54, 1.807) is 7.11 Å². The molecule has 1 N–H and O–H groups in total. The highest BCUT2D eigenvalue weighted by atomic mass is 16.5. The first kappa shape index (κ1) is 19.6. The van der Waals surface area contributed by atoms with Gasteiger partial charge >= 0.3 is 0 Å². The molecule has 1 amide bonds. The van der Waals surface area contributed by atoms with Crippen molar-refractivity contribution >= 4 is 5.91 Å². The van der Waals surface area contributed by atoms with Crippen LogP contribution in [-0.4, -0.2) is 26.2 Å². The third kappa shape index (κ3) is 5.41. The first-order valence-electron chi connectivity index (χ1n) is 8.80. The van der Waals surface area contributed by atoms with Gasteiger partial charge in [-0.05, 0) is 55.2 Å². The fraction of sp³-hybridized carbons (Fsp3) is 0.381. The van der Waals surface area contributed by atoms with E-state index in [4.69, 9.17) is 14.2 Å². The zero-order valence-corrected chi connectivity index (χ0v) is 15.9. The molecule has 0 radical (unpaired) electrons. The Labute approximate surface area is 155 Å². The molecule has 0 heterocycles. The Morgan fingerprint density at radius 3 is 2.58 bits per heavy atom. The van der Waals surface area contributed by atoms with E-state index < -0.39 is 0 Å². The van der Waals surface area contributed by atoms with Gasteiger partial charge in [-0.2, -0.15) is 0 Å². The maximum Gasteiger partial charge on any atom is 0.258 e. The Bertz CT molecular complexity index is 743. The molecule has 0 aliphatic heterocycles. The summed E-state index contributed by atoms with van der Waals surface area (Å²) in [4.78, 5) is 12.1. The summed E-state index contributed by atoms with van der Waals surface area (Å²) in [5, 5.41) is 2.86. The lowest BCUT2D eigenvalue weighted by molar-refractivity contribution is -0.123. The summed E-state index contributed by atoms with van der Waals surface area (Å²) < 4.78 is 16.6. The van der Waals surface area contributed by atoms with E-state index in [-0.39, 0.29) is 12.5 Å². The SMILES string of the molecule is CCCOc1ccc(CNC(=O)COc2cccc(C)c2C)cc1OC. The van der Waals surface area contributed by atoms with Crippen LogP contribution in [0.3, 0.4) is 0 Å². The van der Waals surface area contributed by atoms with Crippen LogP contribution in [0.2, 0.25) is 0 Å². The summed E-state index contributed by atoms with van der Waals surface area (Å²) in [6.45, 7) is 7.08. The van der Waals surface area contributed by atoms with Gasteiger partial charge in [0.15, 0.2) is 18.1 Å². The molecule has 0 saturated heterocycles. The number of methoxy groups -OCH3 is 1. The Hall–Kier alpha value is -2.69. The molecule has 5 nitrogen and oxygen atoms in total. The molecule has 0 bridgehead atoms. The van der Waals surface area contributed by atoms with Crippen molar-refractivity contribution in [1.82, 2.24) is 5.32 Å². The van der Waals surface area contributed by atoms with Crippen molar-refractivity contribution in [3.63, 3.8) is 0 Å². The standard InChI is InChI=1S/C21H27NO4/c1-5-11-25-19-10-9-17(12-20(19)24-4)13-22-21(23)14-26-18-8-6-7-15(2)16(18)3/h6-10,12H,5,11,13-14H2,1-4H3,(H,22,23). The molecule has 0 aromatic heterocycles. The Morgan fingerprint density at radius 2 is 1.85 bits per heavy atom. The first-order valence-corrected chi connectivity index (χ1v) is 8.80. The van der Waals surface area contributed by atoms with E-state index in [1.807, 2.05) is 50.2 Å². The van der Waals surface area contributed by atoms with Crippen molar-refractivity contribution in [3.8, 4) is 17.2 Å². The molecule has 2 aromatic carbocycles. The van der Waals surface area contributed by atoms with Crippen molar-refractivity contribution in [1.29, 1.82) is 0 Å². The van der Waals surface area contributed by atoms with Crippen molar-refractivity contribution < 1.29 is 19.0 Å². The lowest BCUT2D eigenvalue weighted by atomic mass is 10.1. The number of hydrogen-bond donors (Lipinski definition) is 1. The average molecular weight is 357 g/mol. The van der Waals surface area contributed by atoms with E-state index in [1.165, 1.54) is 0 Å². The fourth-order valence-corrected chi connectivity index (χ4v) is 2.43. The van der Waals surface area contributed by atoms with Crippen LogP contribution in [0.15, 0.2) is 36.4 Å². The predicted octanol–water partition coefficient (Wildman–Crippen LogP) is 3.80. The molecule has 0 atom stereocenters. The third-order valence-electron chi connectivity index (χ3n) is 4.09. The monoisotopic (exact) mass is 357 g/mol. The van der Waals surface area contributed by atoms with E-state index in [2.05, 4.69) is 12.2 Å². The second-order valence-electron chi connectivity index (χ2n) is 6.10. The second kappa shape index (κ2) is 9.70. The molecule has 0 aliphatic rings. The minimum atomic E-state index is -0.170. The molecule has 0 fully saturated rings. The summed E-state index contributed by atoms with van der Waals surface area (Å²) in [6.07, 6.45) is 0.932. The van der Waals surface area contributed by atoms with Gasteiger partial charge in [0.25, 0.3) is 5.91 Å². The zero-order valence-electron chi connectivity index (χ0n) is 15.9. The topological polar surface area (TPSA) is 56.8 Å². The van der Waals surface area contributed by atoms with Gasteiger partial charge in [-0.3, -0.25) is 4.79 Å². The van der Waals surface area contributed by atoms with Gasteiger partial charge in [0.1, 0.15) is 5.75 Å². The summed E-state index contributed by atoms with van der Waals surface area (Å²) in [5.74, 6) is 1.94. The first-order chi connectivity index (χ1) is 12.5. The van der Waals surface area contributed by atoms with Crippen LogP contribution >= 0.6 is 0 Å². The molecule has 0 saturated carbocycles. The Kier molecular flexibility index (Phi) is 7.33. The van der Waals surface area contributed by atoms with Gasteiger partial charge in [-0.15, -0.1) is 0 Å². The molecule has 2 aromatic rings. The van der Waals surface area contributed by atoms with Gasteiger partial charge in [0.05, 0.1) is 13.7 Å². The van der Waals surface area contributed by atoms with Gasteiger partial charge in [0.2, 0.25) is 0 Å². The Morgan fingerprint density at radius 1 is 1.04 bits per heavy atom. The summed E-state index contributed by atoms with van der Waals surface area (Å²) in [5.41, 5.74) is 3.12. The van der Waals surface area contributed by atoms with Crippen molar-refractivity contribution in [2.75, 3.05) is 20.3 Å². The van der Waals surface area contributed by atoms with Gasteiger partial charge in [-0.25, -0.2) is 0 Å². The summed E-state index contributed by atoms with van der Waals surface area (Å²) in [7, 11) is 1.61. The molecular weight excluding hydrogens is 330 g/mol. The molecule has 0 unspecified atom stereocenters. The van der Waals surface area contributed by atoms with Gasteiger partial charge in [0, 0.05) is 6.54 Å². The minimum Gasteiger partial charge on any atom is -0.493 e. The fourth-order valence-electron chi connectivity index (χ4n) is 2.43. The molecular formula is C21H27NO4. The van der Waals surface area contributed by atoms with E-state index in [0.717, 1.165) is 28.9 Å².